The zero-order valence-corrected chi connectivity index (χ0v) is 10.6. The van der Waals surface area contributed by atoms with Gasteiger partial charge in [0.25, 0.3) is 0 Å². The van der Waals surface area contributed by atoms with Gasteiger partial charge in [-0.25, -0.2) is 0 Å². The Morgan fingerprint density at radius 2 is 2.15 bits per heavy atom. The number of hydrogen-bond donors (Lipinski definition) is 0. The van der Waals surface area contributed by atoms with Crippen LogP contribution in [0.2, 0.25) is 0 Å². The summed E-state index contributed by atoms with van der Waals surface area (Å²) in [4.78, 5) is 0. The Labute approximate surface area is 84.1 Å². The second-order valence-electron chi connectivity index (χ2n) is 3.76. The maximum absolute atomic E-state index is 3.77. The van der Waals surface area contributed by atoms with E-state index in [0.717, 1.165) is 22.6 Å². The average molecular weight is 190 g/mol. The topological polar surface area (TPSA) is 0 Å². The summed E-state index contributed by atoms with van der Waals surface area (Å²) < 4.78 is 0. The van der Waals surface area contributed by atoms with Crippen molar-refractivity contribution in [3.63, 3.8) is 0 Å². The molecule has 0 aromatic heterocycles. The molecular weight excluding hydrogens is 172 g/mol. The first kappa shape index (κ1) is 10.3. The molecule has 0 fully saturated rings. The number of hydrogen-bond acceptors (Lipinski definition) is 0. The van der Waals surface area contributed by atoms with Crippen molar-refractivity contribution in [1.29, 1.82) is 0 Å². The van der Waals surface area contributed by atoms with Crippen molar-refractivity contribution in [1.82, 2.24) is 0 Å². The van der Waals surface area contributed by atoms with Crippen LogP contribution in [-0.2, 0) is 6.42 Å². The molecule has 70 valence electrons. The average Bonchev–Trinajstić information content (AvgIpc) is 2.09. The van der Waals surface area contributed by atoms with E-state index in [1.807, 2.05) is 6.08 Å². The largest absolute Gasteiger partial charge is 0.103 e. The van der Waals surface area contributed by atoms with Crippen molar-refractivity contribution in [2.75, 3.05) is 0 Å². The smallest absolute Gasteiger partial charge is 0.0388 e. The van der Waals surface area contributed by atoms with Crippen LogP contribution in [0.4, 0.5) is 0 Å². The van der Waals surface area contributed by atoms with Crippen LogP contribution in [0, 0.1) is 5.92 Å². The van der Waals surface area contributed by atoms with Crippen LogP contribution >= 0.6 is 0 Å². The van der Waals surface area contributed by atoms with Gasteiger partial charge in [0.05, 0.1) is 0 Å². The first-order valence-electron chi connectivity index (χ1n) is 4.89. The normalized spacial score (nSPS) is 12.7. The van der Waals surface area contributed by atoms with Gasteiger partial charge in [-0.2, -0.15) is 0 Å². The fraction of sp³-hybridized carbons (Fsp3) is 0.333. The summed E-state index contributed by atoms with van der Waals surface area (Å²) in [5, 5.41) is 1.54. The van der Waals surface area contributed by atoms with Crippen LogP contribution in [0.5, 0.6) is 0 Å². The molecule has 1 aromatic rings. The molecule has 0 spiro atoms. The third-order valence-electron chi connectivity index (χ3n) is 2.40. The quantitative estimate of drug-likeness (QED) is 0.498. The Kier molecular flexibility index (Phi) is 3.97. The predicted molar refractivity (Wildman–Crippen MR) is 63.7 cm³/mol. The molecule has 0 nitrogen and oxygen atoms in total. The van der Waals surface area contributed by atoms with E-state index in [-0.39, 0.29) is 0 Å². The Morgan fingerprint density at radius 1 is 1.46 bits per heavy atom. The third-order valence-corrected chi connectivity index (χ3v) is 3.37. The van der Waals surface area contributed by atoms with E-state index >= 15 is 0 Å². The van der Waals surface area contributed by atoms with Gasteiger partial charge >= 0.3 is 0 Å². The molecule has 1 atom stereocenters. The summed E-state index contributed by atoms with van der Waals surface area (Å²) in [5.74, 6) is 0.729. The maximum Gasteiger partial charge on any atom is 0.0388 e. The fourth-order valence-electron chi connectivity index (χ4n) is 1.58. The molecule has 0 saturated heterocycles. The summed E-state index contributed by atoms with van der Waals surface area (Å²) in [6.07, 6.45) is 4.34. The molecule has 1 heteroatoms. The Morgan fingerprint density at radius 3 is 2.77 bits per heavy atom. The molecule has 0 amide bonds. The lowest BCUT2D eigenvalue weighted by Crippen LogP contribution is -2.12. The summed E-state index contributed by atoms with van der Waals surface area (Å²) in [5.41, 5.74) is 1.53. The monoisotopic (exact) mass is 190 g/mol. The Balaban J connectivity index is 2.63. The minimum absolute atomic E-state index is 0.729. The molecule has 0 N–H and O–H groups in total. The summed E-state index contributed by atoms with van der Waals surface area (Å²) >= 11 is 0. The van der Waals surface area contributed by atoms with Crippen LogP contribution in [-0.4, -0.2) is 10.2 Å². The second kappa shape index (κ2) is 5.03. The van der Waals surface area contributed by atoms with Crippen LogP contribution in [0.15, 0.2) is 36.9 Å². The molecule has 0 aliphatic rings. The zero-order valence-electron chi connectivity index (χ0n) is 8.59. The molecule has 0 bridgehead atoms. The number of benzene rings is 1. The summed E-state index contributed by atoms with van der Waals surface area (Å²) in [6.45, 7) is 6.06. The van der Waals surface area contributed by atoms with Crippen LogP contribution in [0.25, 0.3) is 0 Å². The van der Waals surface area contributed by atoms with Crippen molar-refractivity contribution in [3.8, 4) is 0 Å². The van der Waals surface area contributed by atoms with E-state index in [2.05, 4.69) is 37.8 Å². The van der Waals surface area contributed by atoms with E-state index in [9.17, 15) is 0 Å². The minimum atomic E-state index is 0.729. The van der Waals surface area contributed by atoms with Crippen molar-refractivity contribution < 1.29 is 0 Å². The van der Waals surface area contributed by atoms with Gasteiger partial charge < -0.3 is 0 Å². The van der Waals surface area contributed by atoms with Crippen LogP contribution in [0.3, 0.4) is 0 Å². The molecule has 1 rings (SSSR count). The standard InChI is InChI=1S/C12H18Si/c1-3-6-10(2)9-11-7-4-5-8-12(11)13/h3-5,7-8,10H,1,6,9H2,2,13H3. The maximum atomic E-state index is 3.77. The highest BCUT2D eigenvalue weighted by molar-refractivity contribution is 6.33. The van der Waals surface area contributed by atoms with Crippen molar-refractivity contribution in [2.45, 2.75) is 19.8 Å². The van der Waals surface area contributed by atoms with Gasteiger partial charge in [0, 0.05) is 10.2 Å². The number of rotatable bonds is 4. The Bertz CT molecular complexity index is 278. The molecule has 13 heavy (non-hydrogen) atoms. The van der Waals surface area contributed by atoms with Gasteiger partial charge in [-0.3, -0.25) is 0 Å². The summed E-state index contributed by atoms with van der Waals surface area (Å²) in [7, 11) is 1.16. The Hall–Kier alpha value is -0.823. The SMILES string of the molecule is C=CCC(C)Cc1ccccc1[SiH3]. The van der Waals surface area contributed by atoms with Gasteiger partial charge in [0.15, 0.2) is 0 Å². The van der Waals surface area contributed by atoms with E-state index < -0.39 is 0 Å². The van der Waals surface area contributed by atoms with Gasteiger partial charge in [0.2, 0.25) is 0 Å². The second-order valence-corrected chi connectivity index (χ2v) is 4.84. The van der Waals surface area contributed by atoms with E-state index in [0.29, 0.717) is 0 Å². The van der Waals surface area contributed by atoms with Crippen molar-refractivity contribution in [3.05, 3.63) is 42.5 Å². The highest BCUT2D eigenvalue weighted by atomic mass is 28.1. The molecular formula is C12H18Si. The third kappa shape index (κ3) is 3.19. The molecule has 1 aromatic carbocycles. The van der Waals surface area contributed by atoms with Gasteiger partial charge in [0.1, 0.15) is 0 Å². The minimum Gasteiger partial charge on any atom is -0.103 e. The van der Waals surface area contributed by atoms with Gasteiger partial charge in [-0.15, -0.1) is 6.58 Å². The molecule has 0 radical (unpaired) electrons. The first-order chi connectivity index (χ1) is 6.24. The zero-order chi connectivity index (χ0) is 9.68. The lowest BCUT2D eigenvalue weighted by molar-refractivity contribution is 0.592. The van der Waals surface area contributed by atoms with Crippen LogP contribution < -0.4 is 5.19 Å². The lowest BCUT2D eigenvalue weighted by atomic mass is 9.98. The van der Waals surface area contributed by atoms with Gasteiger partial charge in [-0.1, -0.05) is 42.5 Å². The summed E-state index contributed by atoms with van der Waals surface area (Å²) in [6, 6.07) is 8.76. The van der Waals surface area contributed by atoms with E-state index in [1.54, 1.807) is 5.19 Å². The highest BCUT2D eigenvalue weighted by Crippen LogP contribution is 2.09. The lowest BCUT2D eigenvalue weighted by Gasteiger charge is -2.10. The molecule has 0 saturated carbocycles. The molecule has 0 aliphatic carbocycles. The number of allylic oxidation sites excluding steroid dienone is 1. The van der Waals surface area contributed by atoms with Gasteiger partial charge in [-0.05, 0) is 24.3 Å². The van der Waals surface area contributed by atoms with E-state index in [4.69, 9.17) is 0 Å². The van der Waals surface area contributed by atoms with Crippen LogP contribution in [0.1, 0.15) is 18.9 Å². The highest BCUT2D eigenvalue weighted by Gasteiger charge is 2.02. The predicted octanol–water partition coefficient (Wildman–Crippen LogP) is 1.43. The fourth-order valence-corrected chi connectivity index (χ4v) is 2.15. The van der Waals surface area contributed by atoms with Crippen molar-refractivity contribution >= 4 is 15.4 Å². The molecule has 0 aliphatic heterocycles. The van der Waals surface area contributed by atoms with Crippen molar-refractivity contribution in [2.24, 2.45) is 5.92 Å². The first-order valence-corrected chi connectivity index (χ1v) is 5.89. The van der Waals surface area contributed by atoms with E-state index in [1.165, 1.54) is 12.0 Å². The molecule has 1 unspecified atom stereocenters. The molecule has 0 heterocycles.